The molecule has 0 aliphatic carbocycles. The minimum Gasteiger partial charge on any atom is -0.386 e. The lowest BCUT2D eigenvalue weighted by atomic mass is 10.3. The van der Waals surface area contributed by atoms with E-state index in [-0.39, 0.29) is 0 Å². The molecule has 2 rings (SSSR count). The summed E-state index contributed by atoms with van der Waals surface area (Å²) in [6.07, 6.45) is 1.08. The predicted molar refractivity (Wildman–Crippen MR) is 88.9 cm³/mol. The van der Waals surface area contributed by atoms with Gasteiger partial charge in [0.05, 0.1) is 29.5 Å². The average molecular weight is 392 g/mol. The Kier molecular flexibility index (Phi) is 6.57. The summed E-state index contributed by atoms with van der Waals surface area (Å²) in [5.74, 6) is 0.541. The number of ether oxygens (including phenoxy) is 1. The molecule has 1 N–H and O–H groups in total. The lowest BCUT2D eigenvalue weighted by Gasteiger charge is -2.14. The number of methoxy groups -OCH3 is 1. The Bertz CT molecular complexity index is 577. The molecule has 2 aromatic rings. The van der Waals surface area contributed by atoms with E-state index in [2.05, 4.69) is 21.0 Å². The van der Waals surface area contributed by atoms with Gasteiger partial charge in [-0.3, -0.25) is 4.68 Å². The summed E-state index contributed by atoms with van der Waals surface area (Å²) in [5, 5.41) is 15.4. The molecule has 0 amide bonds. The van der Waals surface area contributed by atoms with Gasteiger partial charge in [-0.25, -0.2) is 0 Å². The van der Waals surface area contributed by atoms with Crippen LogP contribution in [0.25, 0.3) is 0 Å². The Morgan fingerprint density at radius 3 is 2.81 bits per heavy atom. The number of hydrogen-bond donors (Lipinski definition) is 1. The van der Waals surface area contributed by atoms with Gasteiger partial charge in [0, 0.05) is 22.8 Å². The highest BCUT2D eigenvalue weighted by atomic mass is 79.9. The van der Waals surface area contributed by atoms with Crippen molar-refractivity contribution in [1.82, 2.24) is 9.78 Å². The average Bonchev–Trinajstić information content (AvgIpc) is 2.85. The second-order valence-electron chi connectivity index (χ2n) is 4.37. The summed E-state index contributed by atoms with van der Waals surface area (Å²) in [6, 6.07) is 7.57. The number of benzene rings is 1. The van der Waals surface area contributed by atoms with Crippen LogP contribution in [0.2, 0.25) is 5.02 Å². The third kappa shape index (κ3) is 4.72. The number of aliphatic hydroxyl groups is 1. The number of nitrogens with zero attached hydrogens (tertiary/aromatic N) is 2. The van der Waals surface area contributed by atoms with Crippen LogP contribution in [0, 0.1) is 0 Å². The highest BCUT2D eigenvalue weighted by Gasteiger charge is 2.18. The van der Waals surface area contributed by atoms with Crippen LogP contribution in [-0.2, 0) is 11.3 Å². The van der Waals surface area contributed by atoms with Crippen molar-refractivity contribution in [3.05, 3.63) is 45.7 Å². The van der Waals surface area contributed by atoms with Crippen LogP contribution in [0.3, 0.4) is 0 Å². The quantitative estimate of drug-likeness (QED) is 0.730. The third-order valence-electron chi connectivity index (χ3n) is 2.88. The first-order chi connectivity index (χ1) is 10.1. The van der Waals surface area contributed by atoms with Gasteiger partial charge in [0.2, 0.25) is 0 Å². The smallest absolute Gasteiger partial charge is 0.106 e. The summed E-state index contributed by atoms with van der Waals surface area (Å²) < 4.78 is 7.63. The standard InChI is InChI=1S/C14H16BrClN2O2S/c1-20-7-6-18-14(12(15)8-17-18)13(19)9-21-11-4-2-10(16)3-5-11/h2-5,8,13,19H,6-7,9H2,1H3. The van der Waals surface area contributed by atoms with Crippen molar-refractivity contribution in [2.45, 2.75) is 17.5 Å². The molecule has 1 unspecified atom stereocenters. The molecule has 0 aliphatic heterocycles. The zero-order valence-corrected chi connectivity index (χ0v) is 14.7. The number of thioether (sulfide) groups is 1. The lowest BCUT2D eigenvalue weighted by Crippen LogP contribution is -2.14. The SMILES string of the molecule is COCCn1ncc(Br)c1C(O)CSc1ccc(Cl)cc1. The molecule has 0 fully saturated rings. The topological polar surface area (TPSA) is 47.3 Å². The van der Waals surface area contributed by atoms with Gasteiger partial charge in [0.15, 0.2) is 0 Å². The first-order valence-corrected chi connectivity index (χ1v) is 8.54. The first-order valence-electron chi connectivity index (χ1n) is 6.38. The van der Waals surface area contributed by atoms with Crippen molar-refractivity contribution in [3.8, 4) is 0 Å². The molecule has 0 aliphatic rings. The fourth-order valence-corrected chi connectivity index (χ4v) is 3.37. The normalized spacial score (nSPS) is 12.6. The molecule has 21 heavy (non-hydrogen) atoms. The first kappa shape index (κ1) is 16.8. The van der Waals surface area contributed by atoms with Crippen molar-refractivity contribution < 1.29 is 9.84 Å². The Morgan fingerprint density at radius 1 is 1.43 bits per heavy atom. The Hall–Kier alpha value is -0.530. The van der Waals surface area contributed by atoms with Gasteiger partial charge in [0.25, 0.3) is 0 Å². The van der Waals surface area contributed by atoms with E-state index < -0.39 is 6.10 Å². The molecule has 1 atom stereocenters. The molecule has 4 nitrogen and oxygen atoms in total. The van der Waals surface area contributed by atoms with Crippen LogP contribution in [0.15, 0.2) is 39.8 Å². The van der Waals surface area contributed by atoms with Gasteiger partial charge >= 0.3 is 0 Å². The van der Waals surface area contributed by atoms with Gasteiger partial charge in [0.1, 0.15) is 6.10 Å². The van der Waals surface area contributed by atoms with Crippen LogP contribution < -0.4 is 0 Å². The van der Waals surface area contributed by atoms with E-state index in [1.54, 1.807) is 29.8 Å². The molecule has 0 radical (unpaired) electrons. The van der Waals surface area contributed by atoms with Crippen molar-refractivity contribution in [3.63, 3.8) is 0 Å². The van der Waals surface area contributed by atoms with Crippen molar-refractivity contribution in [1.29, 1.82) is 0 Å². The lowest BCUT2D eigenvalue weighted by molar-refractivity contribution is 0.166. The van der Waals surface area contributed by atoms with Gasteiger partial charge in [-0.2, -0.15) is 5.10 Å². The molecule has 7 heteroatoms. The summed E-state index contributed by atoms with van der Waals surface area (Å²) >= 11 is 10.9. The Labute approximate surface area is 141 Å². The van der Waals surface area contributed by atoms with Crippen LogP contribution >= 0.6 is 39.3 Å². The fourth-order valence-electron chi connectivity index (χ4n) is 1.84. The van der Waals surface area contributed by atoms with E-state index >= 15 is 0 Å². The van der Waals surface area contributed by atoms with Crippen molar-refractivity contribution >= 4 is 39.3 Å². The maximum Gasteiger partial charge on any atom is 0.106 e. The molecular weight excluding hydrogens is 376 g/mol. The van der Waals surface area contributed by atoms with Gasteiger partial charge in [-0.15, -0.1) is 11.8 Å². The molecule has 0 bridgehead atoms. The van der Waals surface area contributed by atoms with Crippen LogP contribution in [0.5, 0.6) is 0 Å². The van der Waals surface area contributed by atoms with Crippen LogP contribution in [0.4, 0.5) is 0 Å². The maximum absolute atomic E-state index is 10.4. The predicted octanol–water partition coefficient (Wildman–Crippen LogP) is 3.77. The summed E-state index contributed by atoms with van der Waals surface area (Å²) in [6.45, 7) is 1.16. The minimum atomic E-state index is -0.612. The monoisotopic (exact) mass is 390 g/mol. The van der Waals surface area contributed by atoms with Gasteiger partial charge in [-0.05, 0) is 40.2 Å². The summed E-state index contributed by atoms with van der Waals surface area (Å²) in [5.41, 5.74) is 0.772. The number of aliphatic hydroxyl groups excluding tert-OH is 1. The zero-order valence-electron chi connectivity index (χ0n) is 11.5. The second-order valence-corrected chi connectivity index (χ2v) is 6.76. The van der Waals surface area contributed by atoms with E-state index in [0.717, 1.165) is 15.1 Å². The molecule has 1 aromatic carbocycles. The van der Waals surface area contributed by atoms with Gasteiger partial charge in [-0.1, -0.05) is 11.6 Å². The van der Waals surface area contributed by atoms with Gasteiger partial charge < -0.3 is 9.84 Å². The van der Waals surface area contributed by atoms with E-state index in [1.165, 1.54) is 0 Å². The van der Waals surface area contributed by atoms with E-state index in [4.69, 9.17) is 16.3 Å². The summed E-state index contributed by atoms with van der Waals surface area (Å²) in [4.78, 5) is 1.07. The van der Waals surface area contributed by atoms with E-state index in [1.807, 2.05) is 24.3 Å². The highest BCUT2D eigenvalue weighted by Crippen LogP contribution is 2.29. The molecule has 0 saturated heterocycles. The largest absolute Gasteiger partial charge is 0.386 e. The fraction of sp³-hybridized carbons (Fsp3) is 0.357. The van der Waals surface area contributed by atoms with Crippen molar-refractivity contribution in [2.24, 2.45) is 0 Å². The molecule has 114 valence electrons. The number of halogens is 2. The van der Waals surface area contributed by atoms with Crippen molar-refractivity contribution in [2.75, 3.05) is 19.5 Å². The summed E-state index contributed by atoms with van der Waals surface area (Å²) in [7, 11) is 1.64. The molecular formula is C14H16BrClN2O2S. The molecule has 1 heterocycles. The van der Waals surface area contributed by atoms with Crippen LogP contribution in [0.1, 0.15) is 11.8 Å². The number of hydrogen-bond acceptors (Lipinski definition) is 4. The van der Waals surface area contributed by atoms with E-state index in [9.17, 15) is 5.11 Å². The second kappa shape index (κ2) is 8.19. The maximum atomic E-state index is 10.4. The molecule has 0 spiro atoms. The highest BCUT2D eigenvalue weighted by molar-refractivity contribution is 9.10. The number of aromatic nitrogens is 2. The van der Waals surface area contributed by atoms with Crippen LogP contribution in [-0.4, -0.2) is 34.4 Å². The third-order valence-corrected chi connectivity index (χ3v) is 4.83. The molecule has 0 saturated carbocycles. The molecule has 1 aromatic heterocycles. The Morgan fingerprint density at radius 2 is 2.14 bits per heavy atom. The minimum absolute atomic E-state index is 0.541. The Balaban J connectivity index is 2.01. The zero-order chi connectivity index (χ0) is 15.2. The number of rotatable bonds is 7. The van der Waals surface area contributed by atoms with E-state index in [0.29, 0.717) is 23.9 Å².